The van der Waals surface area contributed by atoms with Gasteiger partial charge >= 0.3 is 5.91 Å². The van der Waals surface area contributed by atoms with Gasteiger partial charge in [0, 0.05) is 22.8 Å². The van der Waals surface area contributed by atoms with Crippen molar-refractivity contribution in [2.45, 2.75) is 82.8 Å². The number of aromatic nitrogens is 2. The summed E-state index contributed by atoms with van der Waals surface area (Å²) in [6.45, 7) is 3.90. The van der Waals surface area contributed by atoms with Gasteiger partial charge in [-0.2, -0.15) is 4.98 Å². The molecule has 0 spiro atoms. The minimum atomic E-state index is -0.739. The molecule has 1 saturated carbocycles. The molecule has 1 aliphatic rings. The number of rotatable bonds is 10. The molecule has 1 N–H and O–H groups in total. The van der Waals surface area contributed by atoms with Crippen LogP contribution in [0.4, 0.5) is 0 Å². The number of hydrogen-bond acceptors (Lipinski definition) is 7. The van der Waals surface area contributed by atoms with E-state index in [2.05, 4.69) is 20.0 Å². The number of hydrogen-bond donors (Lipinski definition) is 1. The van der Waals surface area contributed by atoms with Crippen molar-refractivity contribution in [2.75, 3.05) is 0 Å². The van der Waals surface area contributed by atoms with Crippen LogP contribution in [-0.2, 0) is 4.79 Å². The molecule has 0 bridgehead atoms. The Bertz CT molecular complexity index is 629. The first-order valence-corrected chi connectivity index (χ1v) is 10.5. The topological polar surface area (TPSA) is 115 Å². The zero-order valence-corrected chi connectivity index (χ0v) is 16.8. The Kier molecular flexibility index (Phi) is 8.90. The van der Waals surface area contributed by atoms with Gasteiger partial charge in [-0.3, -0.25) is 14.3 Å². The molecular formula is C18H28N4O4S. The minimum absolute atomic E-state index is 0.0676. The molecule has 8 nitrogen and oxygen atoms in total. The summed E-state index contributed by atoms with van der Waals surface area (Å²) in [5, 5.41) is 6.42. The van der Waals surface area contributed by atoms with E-state index < -0.39 is 11.8 Å². The second-order valence-corrected chi connectivity index (χ2v) is 8.76. The van der Waals surface area contributed by atoms with Gasteiger partial charge in [-0.25, -0.2) is 0 Å². The fourth-order valence-electron chi connectivity index (χ4n) is 3.40. The second kappa shape index (κ2) is 11.2. The molecule has 1 unspecified atom stereocenters. The van der Waals surface area contributed by atoms with E-state index in [0.717, 1.165) is 18.8 Å². The predicted molar refractivity (Wildman–Crippen MR) is 103 cm³/mol. The lowest BCUT2D eigenvalue weighted by molar-refractivity contribution is -0.118. The monoisotopic (exact) mass is 396 g/mol. The number of amides is 2. The Morgan fingerprint density at radius 3 is 2.70 bits per heavy atom. The highest BCUT2D eigenvalue weighted by Crippen LogP contribution is 2.31. The molecule has 9 heteroatoms. The van der Waals surface area contributed by atoms with Gasteiger partial charge in [0.15, 0.2) is 0 Å². The summed E-state index contributed by atoms with van der Waals surface area (Å²) in [5.74, 6) is -0.680. The third-order valence-corrected chi connectivity index (χ3v) is 5.57. The summed E-state index contributed by atoms with van der Waals surface area (Å²) in [7, 11) is 0. The van der Waals surface area contributed by atoms with Crippen LogP contribution in [0.3, 0.4) is 0 Å². The highest BCUT2D eigenvalue weighted by Gasteiger charge is 2.25. The van der Waals surface area contributed by atoms with Crippen molar-refractivity contribution in [3.05, 3.63) is 16.6 Å². The van der Waals surface area contributed by atoms with Crippen LogP contribution >= 0.6 is 11.9 Å². The smallest absolute Gasteiger partial charge is 0.302 e. The highest BCUT2D eigenvalue weighted by atomic mass is 32.2. The maximum absolute atomic E-state index is 12.0. The van der Waals surface area contributed by atoms with Crippen molar-refractivity contribution >= 4 is 23.8 Å². The predicted octanol–water partition coefficient (Wildman–Crippen LogP) is 4.37. The Hall–Kier alpha value is -1.77. The third-order valence-electron chi connectivity index (χ3n) is 4.79. The Labute approximate surface area is 163 Å². The molecule has 2 rings (SSSR count). The summed E-state index contributed by atoms with van der Waals surface area (Å²) in [6, 6.07) is 0. The summed E-state index contributed by atoms with van der Waals surface area (Å²) in [6.07, 6.45) is 9.01. The van der Waals surface area contributed by atoms with Crippen LogP contribution in [0.1, 0.15) is 94.1 Å². The lowest BCUT2D eigenvalue weighted by Gasteiger charge is -2.21. The Morgan fingerprint density at radius 1 is 1.30 bits per heavy atom. The van der Waals surface area contributed by atoms with Crippen molar-refractivity contribution in [1.29, 1.82) is 0 Å². The SMILES string of the molecule is CC(C)SNC(=O)c1noc(C(CCCC2CCCCC2)CC(=O)N=O)n1. The second-order valence-electron chi connectivity index (χ2n) is 7.38. The highest BCUT2D eigenvalue weighted by molar-refractivity contribution is 7.98. The molecule has 1 atom stereocenters. The Balaban J connectivity index is 1.94. The van der Waals surface area contributed by atoms with E-state index >= 15 is 0 Å². The van der Waals surface area contributed by atoms with Crippen LogP contribution in [0.15, 0.2) is 9.70 Å². The molecule has 1 heterocycles. The molecule has 1 aromatic heterocycles. The molecule has 0 saturated heterocycles. The van der Waals surface area contributed by atoms with Crippen LogP contribution in [0.25, 0.3) is 0 Å². The van der Waals surface area contributed by atoms with Gasteiger partial charge in [0.05, 0.1) is 0 Å². The molecule has 150 valence electrons. The van der Waals surface area contributed by atoms with Gasteiger partial charge in [0.2, 0.25) is 5.89 Å². The van der Waals surface area contributed by atoms with Gasteiger partial charge in [-0.15, -0.1) is 4.91 Å². The van der Waals surface area contributed by atoms with E-state index in [1.165, 1.54) is 44.1 Å². The number of nitroso groups, excluding NO2 is 1. The average Bonchev–Trinajstić information content (AvgIpc) is 3.16. The van der Waals surface area contributed by atoms with Crippen molar-refractivity contribution in [1.82, 2.24) is 14.9 Å². The zero-order valence-electron chi connectivity index (χ0n) is 16.0. The number of carbonyl (C=O) groups is 2. The molecule has 2 amide bonds. The first-order chi connectivity index (χ1) is 13.0. The standard InChI is InChI=1S/C18H28N4O4S/c1-12(2)27-22-17(24)16-19-18(26-21-16)14(11-15(23)20-25)10-6-9-13-7-4-3-5-8-13/h12-14H,3-11H2,1-2H3,(H,22,24). The molecule has 1 aliphatic carbocycles. The summed E-state index contributed by atoms with van der Waals surface area (Å²) >= 11 is 1.26. The molecule has 27 heavy (non-hydrogen) atoms. The molecule has 0 aromatic carbocycles. The summed E-state index contributed by atoms with van der Waals surface area (Å²) < 4.78 is 7.86. The molecule has 0 aliphatic heterocycles. The van der Waals surface area contributed by atoms with E-state index in [1.54, 1.807) is 0 Å². The first-order valence-electron chi connectivity index (χ1n) is 9.65. The number of nitrogens with zero attached hydrogens (tertiary/aromatic N) is 3. The average molecular weight is 397 g/mol. The van der Waals surface area contributed by atoms with Crippen molar-refractivity contribution in [3.63, 3.8) is 0 Å². The van der Waals surface area contributed by atoms with Gasteiger partial charge in [0.1, 0.15) is 0 Å². The van der Waals surface area contributed by atoms with Gasteiger partial charge in [-0.1, -0.05) is 63.9 Å². The lowest BCUT2D eigenvalue weighted by atomic mass is 9.84. The summed E-state index contributed by atoms with van der Waals surface area (Å²) in [5.41, 5.74) is 0. The van der Waals surface area contributed by atoms with Crippen molar-refractivity contribution in [3.8, 4) is 0 Å². The van der Waals surface area contributed by atoms with Gasteiger partial charge in [0.25, 0.3) is 11.7 Å². The van der Waals surface area contributed by atoms with E-state index in [4.69, 9.17) is 4.52 Å². The van der Waals surface area contributed by atoms with E-state index in [9.17, 15) is 14.5 Å². The molecule has 1 aromatic rings. The van der Waals surface area contributed by atoms with Crippen LogP contribution in [-0.4, -0.2) is 27.2 Å². The number of nitrogens with one attached hydrogen (secondary N) is 1. The maximum Gasteiger partial charge on any atom is 0.302 e. The number of carbonyl (C=O) groups excluding carboxylic acids is 2. The van der Waals surface area contributed by atoms with Crippen LogP contribution in [0.2, 0.25) is 0 Å². The maximum atomic E-state index is 12.0. The van der Waals surface area contributed by atoms with Crippen LogP contribution < -0.4 is 4.72 Å². The van der Waals surface area contributed by atoms with Crippen molar-refractivity contribution in [2.24, 2.45) is 11.1 Å². The van der Waals surface area contributed by atoms with Crippen LogP contribution in [0.5, 0.6) is 0 Å². The molecule has 0 radical (unpaired) electrons. The van der Waals surface area contributed by atoms with Gasteiger partial charge in [-0.05, 0) is 24.3 Å². The van der Waals surface area contributed by atoms with Crippen molar-refractivity contribution < 1.29 is 14.1 Å². The summed E-state index contributed by atoms with van der Waals surface area (Å²) in [4.78, 5) is 38.2. The quantitative estimate of drug-likeness (QED) is 0.461. The van der Waals surface area contributed by atoms with E-state index in [0.29, 0.717) is 6.42 Å². The Morgan fingerprint density at radius 2 is 2.04 bits per heavy atom. The molecular weight excluding hydrogens is 368 g/mol. The largest absolute Gasteiger partial charge is 0.338 e. The zero-order chi connectivity index (χ0) is 19.6. The fourth-order valence-corrected chi connectivity index (χ4v) is 3.83. The first kappa shape index (κ1) is 21.5. The molecule has 1 fully saturated rings. The van der Waals surface area contributed by atoms with E-state index in [-0.39, 0.29) is 29.3 Å². The van der Waals surface area contributed by atoms with Gasteiger partial charge < -0.3 is 4.52 Å². The fraction of sp³-hybridized carbons (Fsp3) is 0.778. The lowest BCUT2D eigenvalue weighted by Crippen LogP contribution is -2.19. The van der Waals surface area contributed by atoms with E-state index in [1.807, 2.05) is 13.8 Å². The normalized spacial score (nSPS) is 16.3. The van der Waals surface area contributed by atoms with Crippen LogP contribution in [0, 0.1) is 10.8 Å². The third kappa shape index (κ3) is 7.40. The minimum Gasteiger partial charge on any atom is -0.338 e.